The van der Waals surface area contributed by atoms with Gasteiger partial charge in [0.2, 0.25) is 0 Å². The molecule has 0 aromatic heterocycles. The van der Waals surface area contributed by atoms with E-state index in [-0.39, 0.29) is 5.41 Å². The molecule has 0 aliphatic heterocycles. The van der Waals surface area contributed by atoms with E-state index in [4.69, 9.17) is 5.73 Å². The second-order valence-electron chi connectivity index (χ2n) is 6.87. The van der Waals surface area contributed by atoms with Crippen molar-refractivity contribution in [3.8, 4) is 0 Å². The van der Waals surface area contributed by atoms with Crippen LogP contribution >= 0.6 is 0 Å². The van der Waals surface area contributed by atoms with Gasteiger partial charge >= 0.3 is 0 Å². The van der Waals surface area contributed by atoms with Gasteiger partial charge in [-0.15, -0.1) is 0 Å². The fraction of sp³-hybridized carbons (Fsp3) is 0.647. The lowest BCUT2D eigenvalue weighted by atomic mass is 9.83. The monoisotopic (exact) mass is 262 g/mol. The van der Waals surface area contributed by atoms with Crippen molar-refractivity contribution in [2.24, 2.45) is 11.1 Å². The third-order valence-corrected chi connectivity index (χ3v) is 3.91. The maximum absolute atomic E-state index is 5.88. The third-order valence-electron chi connectivity index (χ3n) is 3.91. The quantitative estimate of drug-likeness (QED) is 0.845. The summed E-state index contributed by atoms with van der Waals surface area (Å²) in [6.07, 6.45) is 1.08. The zero-order chi connectivity index (χ0) is 14.6. The number of nitrogens with two attached hydrogens (primary N) is 1. The first-order valence-corrected chi connectivity index (χ1v) is 7.23. The minimum atomic E-state index is 0.172. The van der Waals surface area contributed by atoms with Gasteiger partial charge in [0.25, 0.3) is 0 Å². The first kappa shape index (κ1) is 16.2. The molecule has 0 aliphatic rings. The molecule has 0 amide bonds. The second-order valence-corrected chi connectivity index (χ2v) is 6.87. The van der Waals surface area contributed by atoms with Crippen molar-refractivity contribution >= 4 is 0 Å². The molecule has 1 aromatic carbocycles. The zero-order valence-corrected chi connectivity index (χ0v) is 13.4. The molecule has 0 bridgehead atoms. The topological polar surface area (TPSA) is 29.3 Å². The van der Waals surface area contributed by atoms with E-state index in [0.29, 0.717) is 12.0 Å². The van der Waals surface area contributed by atoms with E-state index in [1.165, 1.54) is 11.1 Å². The van der Waals surface area contributed by atoms with E-state index in [9.17, 15) is 0 Å². The van der Waals surface area contributed by atoms with Crippen LogP contribution in [0, 0.1) is 5.41 Å². The predicted molar refractivity (Wildman–Crippen MR) is 84.4 cm³/mol. The number of benzene rings is 1. The maximum Gasteiger partial charge on any atom is 0.0347 e. The molecule has 2 nitrogen and oxygen atoms in total. The molecule has 1 aromatic rings. The highest BCUT2D eigenvalue weighted by molar-refractivity contribution is 5.27. The zero-order valence-electron chi connectivity index (χ0n) is 13.4. The van der Waals surface area contributed by atoms with Gasteiger partial charge in [-0.2, -0.15) is 0 Å². The van der Waals surface area contributed by atoms with E-state index < -0.39 is 0 Å². The molecular formula is C17H30N2. The minimum absolute atomic E-state index is 0.172. The average molecular weight is 262 g/mol. The van der Waals surface area contributed by atoms with Crippen LogP contribution in [-0.2, 0) is 0 Å². The molecule has 2 N–H and O–H groups in total. The van der Waals surface area contributed by atoms with Crippen LogP contribution in [0.1, 0.15) is 57.2 Å². The van der Waals surface area contributed by atoms with Crippen LogP contribution in [0.25, 0.3) is 0 Å². The molecule has 1 atom stereocenters. The number of rotatable bonds is 6. The summed E-state index contributed by atoms with van der Waals surface area (Å²) >= 11 is 0. The van der Waals surface area contributed by atoms with Crippen molar-refractivity contribution in [1.82, 2.24) is 4.90 Å². The lowest BCUT2D eigenvalue weighted by Gasteiger charge is -2.33. The Morgan fingerprint density at radius 3 is 1.89 bits per heavy atom. The van der Waals surface area contributed by atoms with Crippen LogP contribution in [0.5, 0.6) is 0 Å². The van der Waals surface area contributed by atoms with E-state index >= 15 is 0 Å². The number of nitrogens with zero attached hydrogens (tertiary/aromatic N) is 1. The summed E-state index contributed by atoms with van der Waals surface area (Å²) < 4.78 is 0. The fourth-order valence-electron chi connectivity index (χ4n) is 2.31. The molecule has 1 unspecified atom stereocenters. The Hall–Kier alpha value is -0.860. The summed E-state index contributed by atoms with van der Waals surface area (Å²) in [6, 6.07) is 9.48. The van der Waals surface area contributed by atoms with Crippen LogP contribution in [0.4, 0.5) is 0 Å². The van der Waals surface area contributed by atoms with Gasteiger partial charge in [0, 0.05) is 6.04 Å². The van der Waals surface area contributed by atoms with Crippen LogP contribution in [0.3, 0.4) is 0 Å². The second kappa shape index (κ2) is 6.53. The van der Waals surface area contributed by atoms with Gasteiger partial charge in [-0.05, 0) is 49.5 Å². The van der Waals surface area contributed by atoms with Crippen molar-refractivity contribution in [2.45, 2.75) is 46.1 Å². The van der Waals surface area contributed by atoms with Gasteiger partial charge in [-0.1, -0.05) is 52.0 Å². The van der Waals surface area contributed by atoms with Gasteiger partial charge in [-0.25, -0.2) is 0 Å². The summed E-state index contributed by atoms with van der Waals surface area (Å²) in [5.41, 5.74) is 8.84. The van der Waals surface area contributed by atoms with E-state index in [1.807, 2.05) is 0 Å². The van der Waals surface area contributed by atoms with E-state index in [2.05, 4.69) is 71.0 Å². The molecular weight excluding hydrogens is 232 g/mol. The van der Waals surface area contributed by atoms with Crippen molar-refractivity contribution in [1.29, 1.82) is 0 Å². The molecule has 0 saturated carbocycles. The van der Waals surface area contributed by atoms with E-state index in [0.717, 1.165) is 13.0 Å². The molecule has 108 valence electrons. The van der Waals surface area contributed by atoms with Gasteiger partial charge in [-0.3, -0.25) is 0 Å². The Kier molecular flexibility index (Phi) is 5.57. The van der Waals surface area contributed by atoms with Gasteiger partial charge in [0.05, 0.1) is 0 Å². The normalized spacial score (nSPS) is 14.2. The van der Waals surface area contributed by atoms with E-state index in [1.54, 1.807) is 0 Å². The van der Waals surface area contributed by atoms with Gasteiger partial charge in [0.1, 0.15) is 0 Å². The fourth-order valence-corrected chi connectivity index (χ4v) is 2.31. The third kappa shape index (κ3) is 4.63. The SMILES string of the molecule is CC(C)c1ccc(C(CC(C)(C)CN)N(C)C)cc1. The van der Waals surface area contributed by atoms with Gasteiger partial charge in [0.15, 0.2) is 0 Å². The summed E-state index contributed by atoms with van der Waals surface area (Å²) in [5, 5.41) is 0. The van der Waals surface area contributed by atoms with Crippen molar-refractivity contribution in [2.75, 3.05) is 20.6 Å². The lowest BCUT2D eigenvalue weighted by Crippen LogP contribution is -2.31. The maximum atomic E-state index is 5.88. The highest BCUT2D eigenvalue weighted by Crippen LogP contribution is 2.32. The molecule has 1 rings (SSSR count). The van der Waals surface area contributed by atoms with Crippen molar-refractivity contribution < 1.29 is 0 Å². The summed E-state index contributed by atoms with van der Waals surface area (Å²) in [6.45, 7) is 9.67. The molecule has 19 heavy (non-hydrogen) atoms. The molecule has 0 fully saturated rings. The summed E-state index contributed by atoms with van der Waals surface area (Å²) in [4.78, 5) is 2.29. The first-order chi connectivity index (χ1) is 8.76. The Morgan fingerprint density at radius 2 is 1.53 bits per heavy atom. The number of hydrogen-bond donors (Lipinski definition) is 1. The largest absolute Gasteiger partial charge is 0.330 e. The van der Waals surface area contributed by atoms with Crippen molar-refractivity contribution in [3.63, 3.8) is 0 Å². The lowest BCUT2D eigenvalue weighted by molar-refractivity contribution is 0.202. The predicted octanol–water partition coefficient (Wildman–Crippen LogP) is 3.79. The first-order valence-electron chi connectivity index (χ1n) is 7.23. The van der Waals surface area contributed by atoms with Crippen LogP contribution in [0.2, 0.25) is 0 Å². The summed E-state index contributed by atoms with van der Waals surface area (Å²) in [5.74, 6) is 0.590. The minimum Gasteiger partial charge on any atom is -0.330 e. The molecule has 2 heteroatoms. The van der Waals surface area contributed by atoms with Crippen molar-refractivity contribution in [3.05, 3.63) is 35.4 Å². The van der Waals surface area contributed by atoms with Gasteiger partial charge < -0.3 is 10.6 Å². The highest BCUT2D eigenvalue weighted by atomic mass is 15.1. The molecule has 0 heterocycles. The highest BCUT2D eigenvalue weighted by Gasteiger charge is 2.24. The average Bonchev–Trinajstić information content (AvgIpc) is 2.36. The Bertz CT molecular complexity index is 377. The summed E-state index contributed by atoms with van der Waals surface area (Å²) in [7, 11) is 4.29. The standard InChI is InChI=1S/C17H30N2/c1-13(2)14-7-9-15(10-8-14)16(19(5)6)11-17(3,4)12-18/h7-10,13,16H,11-12,18H2,1-6H3. The van der Waals surface area contributed by atoms with Crippen LogP contribution < -0.4 is 5.73 Å². The van der Waals surface area contributed by atoms with Crippen LogP contribution in [0.15, 0.2) is 24.3 Å². The molecule has 0 aliphatic carbocycles. The Labute approximate surface area is 119 Å². The molecule has 0 radical (unpaired) electrons. The Balaban J connectivity index is 2.93. The molecule has 0 spiro atoms. The number of hydrogen-bond acceptors (Lipinski definition) is 2. The Morgan fingerprint density at radius 1 is 1.05 bits per heavy atom. The smallest absolute Gasteiger partial charge is 0.0347 e. The van der Waals surface area contributed by atoms with Crippen LogP contribution in [-0.4, -0.2) is 25.5 Å². The molecule has 0 saturated heterocycles.